The second-order valence-corrected chi connectivity index (χ2v) is 7.05. The average Bonchev–Trinajstić information content (AvgIpc) is 3.13. The number of nitrogens with one attached hydrogen (secondary N) is 1. The zero-order valence-electron chi connectivity index (χ0n) is 15.0. The monoisotopic (exact) mass is 353 g/mol. The number of hydrogen-bond acceptors (Lipinski definition) is 4. The van der Waals surface area contributed by atoms with Gasteiger partial charge in [-0.2, -0.15) is 0 Å². The summed E-state index contributed by atoms with van der Waals surface area (Å²) in [6, 6.07) is 5.91. The number of rotatable bonds is 4. The molecule has 1 N–H and O–H groups in total. The molecule has 1 aliphatic carbocycles. The van der Waals surface area contributed by atoms with Gasteiger partial charge in [-0.3, -0.25) is 14.0 Å². The first-order chi connectivity index (χ1) is 12.7. The predicted molar refractivity (Wildman–Crippen MR) is 99.5 cm³/mol. The number of benzene rings is 1. The maximum atomic E-state index is 12.5. The highest BCUT2D eigenvalue weighted by Crippen LogP contribution is 2.33. The number of ether oxygens (including phenoxy) is 1. The minimum atomic E-state index is -0.220. The molecule has 4 rings (SSSR count). The van der Waals surface area contributed by atoms with Crippen molar-refractivity contribution in [1.82, 2.24) is 14.4 Å². The van der Waals surface area contributed by atoms with Gasteiger partial charge in [0.1, 0.15) is 11.3 Å². The highest BCUT2D eigenvalue weighted by Gasteiger charge is 2.22. The molecule has 0 bridgehead atoms. The summed E-state index contributed by atoms with van der Waals surface area (Å²) in [6.45, 7) is 0. The standard InChI is InChI=1S/C20H23N3O3/c1-26-18(24)10-8-13-7-9-15-16(11-13)23-17(20(25)22-15)12-21-19(23)14-5-3-2-4-6-14/h7,9,11-12,14H,2-6,8,10H2,1H3,(H,22,25). The van der Waals surface area contributed by atoms with Gasteiger partial charge >= 0.3 is 5.97 Å². The quantitative estimate of drug-likeness (QED) is 0.730. The lowest BCUT2D eigenvalue weighted by Gasteiger charge is -2.21. The Bertz CT molecular complexity index is 1010. The van der Waals surface area contributed by atoms with Gasteiger partial charge in [-0.15, -0.1) is 0 Å². The number of hydrogen-bond donors (Lipinski definition) is 1. The van der Waals surface area contributed by atoms with Crippen molar-refractivity contribution >= 4 is 22.5 Å². The third-order valence-electron chi connectivity index (χ3n) is 5.39. The van der Waals surface area contributed by atoms with Crippen LogP contribution in [-0.2, 0) is 16.0 Å². The zero-order valence-corrected chi connectivity index (χ0v) is 15.0. The molecular weight excluding hydrogens is 330 g/mol. The fourth-order valence-electron chi connectivity index (χ4n) is 3.99. The summed E-state index contributed by atoms with van der Waals surface area (Å²) in [5.74, 6) is 1.16. The van der Waals surface area contributed by atoms with Crippen molar-refractivity contribution in [2.45, 2.75) is 50.9 Å². The Hall–Kier alpha value is -2.63. The van der Waals surface area contributed by atoms with Crippen LogP contribution in [-0.4, -0.2) is 27.4 Å². The van der Waals surface area contributed by atoms with Crippen LogP contribution in [0.2, 0.25) is 0 Å². The van der Waals surface area contributed by atoms with E-state index in [2.05, 4.69) is 16.0 Å². The summed E-state index contributed by atoms with van der Waals surface area (Å²) in [6.07, 6.45) is 8.58. The number of nitrogens with zero attached hydrogens (tertiary/aromatic N) is 2. The lowest BCUT2D eigenvalue weighted by atomic mass is 9.88. The van der Waals surface area contributed by atoms with Crippen LogP contribution in [0.25, 0.3) is 16.6 Å². The van der Waals surface area contributed by atoms with Gasteiger partial charge in [-0.05, 0) is 37.0 Å². The molecule has 6 heteroatoms. The van der Waals surface area contributed by atoms with Crippen LogP contribution >= 0.6 is 0 Å². The van der Waals surface area contributed by atoms with Crippen molar-refractivity contribution in [2.75, 3.05) is 7.11 Å². The van der Waals surface area contributed by atoms with Crippen LogP contribution < -0.4 is 5.56 Å². The predicted octanol–water partition coefficient (Wildman–Crippen LogP) is 3.33. The summed E-state index contributed by atoms with van der Waals surface area (Å²) in [5.41, 5.74) is 3.25. The van der Waals surface area contributed by atoms with Crippen LogP contribution in [0.4, 0.5) is 0 Å². The Morgan fingerprint density at radius 1 is 1.27 bits per heavy atom. The van der Waals surface area contributed by atoms with Gasteiger partial charge in [0, 0.05) is 12.3 Å². The molecule has 0 amide bonds. The molecule has 1 fully saturated rings. The van der Waals surface area contributed by atoms with E-state index < -0.39 is 0 Å². The number of aryl methyl sites for hydroxylation is 1. The Morgan fingerprint density at radius 3 is 2.85 bits per heavy atom. The van der Waals surface area contributed by atoms with Gasteiger partial charge in [0.15, 0.2) is 0 Å². The van der Waals surface area contributed by atoms with Crippen molar-refractivity contribution in [3.63, 3.8) is 0 Å². The number of fused-ring (bicyclic) bond motifs is 3. The zero-order chi connectivity index (χ0) is 18.1. The fraction of sp³-hybridized carbons (Fsp3) is 0.450. The first-order valence-electron chi connectivity index (χ1n) is 9.26. The lowest BCUT2D eigenvalue weighted by Crippen LogP contribution is -2.14. The van der Waals surface area contributed by atoms with Crippen molar-refractivity contribution in [1.29, 1.82) is 0 Å². The Morgan fingerprint density at radius 2 is 2.08 bits per heavy atom. The summed E-state index contributed by atoms with van der Waals surface area (Å²) >= 11 is 0. The molecule has 0 unspecified atom stereocenters. The van der Waals surface area contributed by atoms with Crippen molar-refractivity contribution < 1.29 is 9.53 Å². The van der Waals surface area contributed by atoms with Crippen LogP contribution in [0.5, 0.6) is 0 Å². The minimum absolute atomic E-state index is 0.116. The number of carbonyl (C=O) groups is 1. The molecule has 6 nitrogen and oxygen atoms in total. The topological polar surface area (TPSA) is 76.5 Å². The maximum Gasteiger partial charge on any atom is 0.305 e. The lowest BCUT2D eigenvalue weighted by molar-refractivity contribution is -0.140. The van der Waals surface area contributed by atoms with Gasteiger partial charge in [0.2, 0.25) is 0 Å². The van der Waals surface area contributed by atoms with E-state index in [0.29, 0.717) is 24.3 Å². The van der Waals surface area contributed by atoms with E-state index in [1.165, 1.54) is 26.4 Å². The van der Waals surface area contributed by atoms with Crippen LogP contribution in [0.15, 0.2) is 29.2 Å². The van der Waals surface area contributed by atoms with Gasteiger partial charge in [-0.25, -0.2) is 4.98 Å². The smallest absolute Gasteiger partial charge is 0.305 e. The average molecular weight is 353 g/mol. The van der Waals surface area contributed by atoms with Gasteiger partial charge in [0.05, 0.1) is 24.3 Å². The van der Waals surface area contributed by atoms with Gasteiger partial charge in [-0.1, -0.05) is 25.3 Å². The van der Waals surface area contributed by atoms with E-state index in [1.807, 2.05) is 16.5 Å². The molecule has 2 aromatic heterocycles. The Balaban J connectivity index is 1.83. The Kier molecular flexibility index (Phi) is 4.49. The van der Waals surface area contributed by atoms with Crippen molar-refractivity contribution in [3.05, 3.63) is 46.1 Å². The molecule has 0 aliphatic heterocycles. The summed E-state index contributed by atoms with van der Waals surface area (Å²) in [7, 11) is 1.40. The van der Waals surface area contributed by atoms with Crippen LogP contribution in [0.3, 0.4) is 0 Å². The molecule has 2 heterocycles. The molecule has 0 radical (unpaired) electrons. The van der Waals surface area contributed by atoms with E-state index in [9.17, 15) is 9.59 Å². The van der Waals surface area contributed by atoms with E-state index in [4.69, 9.17) is 4.74 Å². The fourth-order valence-corrected chi connectivity index (χ4v) is 3.99. The van der Waals surface area contributed by atoms with Crippen LogP contribution in [0.1, 0.15) is 55.8 Å². The third kappa shape index (κ3) is 3.00. The van der Waals surface area contributed by atoms with Crippen molar-refractivity contribution in [2.24, 2.45) is 0 Å². The number of aromatic nitrogens is 3. The molecule has 1 aromatic carbocycles. The molecule has 3 aromatic rings. The first kappa shape index (κ1) is 16.8. The molecule has 26 heavy (non-hydrogen) atoms. The number of H-pyrrole nitrogens is 1. The SMILES string of the molecule is COC(=O)CCc1ccc2[nH]c(=O)c3cnc(C4CCCCC4)n3c2c1. The second-order valence-electron chi connectivity index (χ2n) is 7.05. The molecule has 1 saturated carbocycles. The van der Waals surface area contributed by atoms with E-state index in [0.717, 1.165) is 35.3 Å². The summed E-state index contributed by atoms with van der Waals surface area (Å²) < 4.78 is 6.75. The largest absolute Gasteiger partial charge is 0.469 e. The molecule has 136 valence electrons. The molecule has 1 aliphatic rings. The third-order valence-corrected chi connectivity index (χ3v) is 5.39. The highest BCUT2D eigenvalue weighted by atomic mass is 16.5. The maximum absolute atomic E-state index is 12.5. The second kappa shape index (κ2) is 6.94. The van der Waals surface area contributed by atoms with Gasteiger partial charge < -0.3 is 9.72 Å². The van der Waals surface area contributed by atoms with Gasteiger partial charge in [0.25, 0.3) is 5.56 Å². The number of aromatic amines is 1. The normalized spacial score (nSPS) is 15.6. The number of esters is 1. The van der Waals surface area contributed by atoms with E-state index >= 15 is 0 Å². The highest BCUT2D eigenvalue weighted by molar-refractivity contribution is 5.79. The van der Waals surface area contributed by atoms with Crippen molar-refractivity contribution in [3.8, 4) is 0 Å². The van der Waals surface area contributed by atoms with Crippen LogP contribution in [0, 0.1) is 0 Å². The molecule has 0 spiro atoms. The minimum Gasteiger partial charge on any atom is -0.469 e. The molecular formula is C20H23N3O3. The number of imidazole rings is 1. The molecule has 0 atom stereocenters. The summed E-state index contributed by atoms with van der Waals surface area (Å²) in [5, 5.41) is 0. The van der Waals surface area contributed by atoms with E-state index in [1.54, 1.807) is 6.20 Å². The number of carbonyl (C=O) groups excluding carboxylic acids is 1. The molecule has 0 saturated heterocycles. The Labute approximate surface area is 151 Å². The van der Waals surface area contributed by atoms with E-state index in [-0.39, 0.29) is 11.5 Å². The number of methoxy groups -OCH3 is 1. The first-order valence-corrected chi connectivity index (χ1v) is 9.26. The summed E-state index contributed by atoms with van der Waals surface area (Å²) in [4.78, 5) is 31.5.